The lowest BCUT2D eigenvalue weighted by atomic mass is 10.2. The minimum absolute atomic E-state index is 0.0990. The molecular formula is C12H23NO5S. The number of hydrogen-bond donors (Lipinski definition) is 2. The second-order valence-corrected chi connectivity index (χ2v) is 7.84. The van der Waals surface area contributed by atoms with Crippen molar-refractivity contribution in [2.75, 3.05) is 0 Å². The van der Waals surface area contributed by atoms with Crippen LogP contribution in [0.4, 0.5) is 0 Å². The average Bonchev–Trinajstić information content (AvgIpc) is 2.33. The Labute approximate surface area is 114 Å². The van der Waals surface area contributed by atoms with Crippen molar-refractivity contribution in [1.29, 1.82) is 0 Å². The van der Waals surface area contributed by atoms with Crippen molar-refractivity contribution < 1.29 is 23.1 Å². The van der Waals surface area contributed by atoms with Gasteiger partial charge in [-0.15, -0.1) is 0 Å². The lowest BCUT2D eigenvalue weighted by molar-refractivity contribution is -0.139. The maximum atomic E-state index is 12.2. The summed E-state index contributed by atoms with van der Waals surface area (Å²) >= 11 is 0. The Hall–Kier alpha value is -1.11. The molecule has 0 radical (unpaired) electrons. The molecule has 0 saturated carbocycles. The van der Waals surface area contributed by atoms with Gasteiger partial charge < -0.3 is 10.4 Å². The zero-order valence-electron chi connectivity index (χ0n) is 12.1. The SMILES string of the molecule is CCC(CC)NC(=O)C(C)S(=O)(=O)C(C)(C)C(=O)O. The molecule has 1 atom stereocenters. The van der Waals surface area contributed by atoms with Gasteiger partial charge in [0.1, 0.15) is 5.25 Å². The first-order valence-electron chi connectivity index (χ1n) is 6.29. The van der Waals surface area contributed by atoms with Gasteiger partial charge in [-0.05, 0) is 33.6 Å². The third kappa shape index (κ3) is 3.68. The van der Waals surface area contributed by atoms with Gasteiger partial charge in [-0.2, -0.15) is 0 Å². The molecule has 19 heavy (non-hydrogen) atoms. The number of amides is 1. The van der Waals surface area contributed by atoms with Gasteiger partial charge in [-0.3, -0.25) is 9.59 Å². The Kier molecular flexibility index (Phi) is 5.99. The van der Waals surface area contributed by atoms with E-state index in [9.17, 15) is 18.0 Å². The zero-order valence-corrected chi connectivity index (χ0v) is 12.9. The number of carboxylic acids is 1. The number of nitrogens with one attached hydrogen (secondary N) is 1. The predicted octanol–water partition coefficient (Wildman–Crippen LogP) is 0.958. The van der Waals surface area contributed by atoms with E-state index in [2.05, 4.69) is 5.32 Å². The zero-order chi connectivity index (χ0) is 15.4. The number of rotatable bonds is 7. The molecule has 0 saturated heterocycles. The third-order valence-electron chi connectivity index (χ3n) is 3.39. The van der Waals surface area contributed by atoms with Crippen LogP contribution in [-0.2, 0) is 19.4 Å². The number of sulfone groups is 1. The van der Waals surface area contributed by atoms with Crippen LogP contribution in [0.2, 0.25) is 0 Å². The summed E-state index contributed by atoms with van der Waals surface area (Å²) in [6.07, 6.45) is 1.38. The molecule has 6 nitrogen and oxygen atoms in total. The van der Waals surface area contributed by atoms with Crippen molar-refractivity contribution in [1.82, 2.24) is 5.32 Å². The molecule has 0 heterocycles. The Morgan fingerprint density at radius 2 is 1.63 bits per heavy atom. The van der Waals surface area contributed by atoms with E-state index in [0.717, 1.165) is 13.8 Å². The first-order chi connectivity index (χ1) is 8.52. The number of carbonyl (C=O) groups excluding carboxylic acids is 1. The summed E-state index contributed by atoms with van der Waals surface area (Å²) in [6.45, 7) is 7.17. The van der Waals surface area contributed by atoms with E-state index in [4.69, 9.17) is 5.11 Å². The standard InChI is InChI=1S/C12H23NO5S/c1-6-9(7-2)13-10(14)8(3)19(17,18)12(4,5)11(15)16/h8-9H,6-7H2,1-5H3,(H,13,14)(H,15,16). The maximum absolute atomic E-state index is 12.2. The second kappa shape index (κ2) is 6.36. The van der Waals surface area contributed by atoms with Gasteiger partial charge in [-0.25, -0.2) is 8.42 Å². The van der Waals surface area contributed by atoms with E-state index in [-0.39, 0.29) is 6.04 Å². The van der Waals surface area contributed by atoms with E-state index in [1.54, 1.807) is 0 Å². The lowest BCUT2D eigenvalue weighted by Crippen LogP contribution is -2.51. The van der Waals surface area contributed by atoms with E-state index in [1.807, 2.05) is 13.8 Å². The van der Waals surface area contributed by atoms with E-state index in [1.165, 1.54) is 6.92 Å². The highest BCUT2D eigenvalue weighted by Gasteiger charge is 2.47. The molecule has 1 unspecified atom stereocenters. The van der Waals surface area contributed by atoms with Gasteiger partial charge in [0.25, 0.3) is 0 Å². The molecule has 112 valence electrons. The van der Waals surface area contributed by atoms with Crippen LogP contribution in [-0.4, -0.2) is 41.4 Å². The van der Waals surface area contributed by atoms with Crippen LogP contribution < -0.4 is 5.32 Å². The topological polar surface area (TPSA) is 101 Å². The molecule has 0 rings (SSSR count). The molecular weight excluding hydrogens is 270 g/mol. The molecule has 0 aromatic rings. The van der Waals surface area contributed by atoms with E-state index >= 15 is 0 Å². The Morgan fingerprint density at radius 3 is 1.95 bits per heavy atom. The van der Waals surface area contributed by atoms with Crippen LogP contribution >= 0.6 is 0 Å². The number of aliphatic carboxylic acids is 1. The Balaban J connectivity index is 5.16. The molecule has 0 fully saturated rings. The lowest BCUT2D eigenvalue weighted by Gasteiger charge is -2.25. The van der Waals surface area contributed by atoms with Gasteiger partial charge in [0.15, 0.2) is 14.6 Å². The number of carboxylic acid groups (broad SMARTS) is 1. The molecule has 0 aliphatic heterocycles. The predicted molar refractivity (Wildman–Crippen MR) is 72.6 cm³/mol. The van der Waals surface area contributed by atoms with Crippen molar-refractivity contribution in [3.05, 3.63) is 0 Å². The number of carbonyl (C=O) groups is 2. The van der Waals surface area contributed by atoms with Crippen molar-refractivity contribution in [2.24, 2.45) is 0 Å². The summed E-state index contributed by atoms with van der Waals surface area (Å²) in [7, 11) is -4.11. The first-order valence-corrected chi connectivity index (χ1v) is 7.84. The van der Waals surface area contributed by atoms with Crippen LogP contribution in [0.5, 0.6) is 0 Å². The molecule has 0 aromatic heterocycles. The average molecular weight is 293 g/mol. The molecule has 0 bridgehead atoms. The van der Waals surface area contributed by atoms with Crippen molar-refractivity contribution in [2.45, 2.75) is 63.5 Å². The summed E-state index contributed by atoms with van der Waals surface area (Å²) in [6, 6.07) is -0.0990. The maximum Gasteiger partial charge on any atom is 0.324 e. The van der Waals surface area contributed by atoms with Gasteiger partial charge in [0, 0.05) is 6.04 Å². The van der Waals surface area contributed by atoms with E-state index in [0.29, 0.717) is 12.8 Å². The third-order valence-corrected chi connectivity index (χ3v) is 6.14. The smallest absolute Gasteiger partial charge is 0.324 e. The fourth-order valence-electron chi connectivity index (χ4n) is 1.52. The van der Waals surface area contributed by atoms with Crippen LogP contribution in [0.25, 0.3) is 0 Å². The van der Waals surface area contributed by atoms with Crippen molar-refractivity contribution in [3.8, 4) is 0 Å². The largest absolute Gasteiger partial charge is 0.480 e. The highest BCUT2D eigenvalue weighted by Crippen LogP contribution is 2.22. The van der Waals surface area contributed by atoms with Gasteiger partial charge in [-0.1, -0.05) is 13.8 Å². The summed E-state index contributed by atoms with van der Waals surface area (Å²) in [5, 5.41) is 10.2. The van der Waals surface area contributed by atoms with Crippen molar-refractivity contribution >= 4 is 21.7 Å². The quantitative estimate of drug-likeness (QED) is 0.728. The van der Waals surface area contributed by atoms with Gasteiger partial charge in [0.05, 0.1) is 0 Å². The minimum Gasteiger partial charge on any atom is -0.480 e. The highest BCUT2D eigenvalue weighted by molar-refractivity contribution is 7.94. The summed E-state index contributed by atoms with van der Waals surface area (Å²) < 4.78 is 22.3. The fraction of sp³-hybridized carbons (Fsp3) is 0.833. The van der Waals surface area contributed by atoms with Crippen LogP contribution in [0.15, 0.2) is 0 Å². The molecule has 2 N–H and O–H groups in total. The summed E-state index contributed by atoms with van der Waals surface area (Å²) in [5.74, 6) is -2.11. The molecule has 0 spiro atoms. The Bertz CT molecular complexity index is 437. The molecule has 0 aliphatic rings. The molecule has 0 aromatic carbocycles. The molecule has 7 heteroatoms. The Morgan fingerprint density at radius 1 is 1.21 bits per heavy atom. The van der Waals surface area contributed by atoms with Crippen molar-refractivity contribution in [3.63, 3.8) is 0 Å². The summed E-state index contributed by atoms with van der Waals surface area (Å²) in [5.41, 5.74) is 0. The fourth-order valence-corrected chi connectivity index (χ4v) is 2.99. The monoisotopic (exact) mass is 293 g/mol. The molecule has 1 amide bonds. The second-order valence-electron chi connectivity index (χ2n) is 5.02. The normalized spacial score (nSPS) is 14.2. The highest BCUT2D eigenvalue weighted by atomic mass is 32.2. The van der Waals surface area contributed by atoms with Gasteiger partial charge in [0.2, 0.25) is 5.91 Å². The summed E-state index contributed by atoms with van der Waals surface area (Å²) in [4.78, 5) is 22.9. The van der Waals surface area contributed by atoms with Crippen LogP contribution in [0.3, 0.4) is 0 Å². The number of hydrogen-bond acceptors (Lipinski definition) is 4. The van der Waals surface area contributed by atoms with Crippen LogP contribution in [0, 0.1) is 0 Å². The first kappa shape index (κ1) is 17.9. The molecule has 0 aliphatic carbocycles. The van der Waals surface area contributed by atoms with Gasteiger partial charge >= 0.3 is 5.97 Å². The minimum atomic E-state index is -4.11. The van der Waals surface area contributed by atoms with E-state index < -0.39 is 31.7 Å². The van der Waals surface area contributed by atoms with Crippen LogP contribution in [0.1, 0.15) is 47.5 Å².